The van der Waals surface area contributed by atoms with Crippen LogP contribution in [0.4, 0.5) is 10.7 Å². The lowest BCUT2D eigenvalue weighted by Gasteiger charge is -2.34. The van der Waals surface area contributed by atoms with Crippen LogP contribution in [0.5, 0.6) is 0 Å². The van der Waals surface area contributed by atoms with Crippen molar-refractivity contribution in [2.45, 2.75) is 52.2 Å². The van der Waals surface area contributed by atoms with Gasteiger partial charge < -0.3 is 15.0 Å². The molecule has 140 valence electrons. The lowest BCUT2D eigenvalue weighted by Crippen LogP contribution is -2.47. The van der Waals surface area contributed by atoms with Gasteiger partial charge in [0.2, 0.25) is 5.95 Å². The molecular formula is C18H26N6O2. The van der Waals surface area contributed by atoms with Crippen LogP contribution >= 0.6 is 0 Å². The average molecular weight is 358 g/mol. The molecule has 26 heavy (non-hydrogen) atoms. The van der Waals surface area contributed by atoms with E-state index in [0.717, 1.165) is 29.8 Å². The molecule has 1 amide bonds. The minimum absolute atomic E-state index is 0.0944. The first-order valence-corrected chi connectivity index (χ1v) is 8.90. The van der Waals surface area contributed by atoms with E-state index in [-0.39, 0.29) is 12.1 Å². The van der Waals surface area contributed by atoms with Crippen molar-refractivity contribution in [3.05, 3.63) is 24.2 Å². The number of piperidine rings is 1. The largest absolute Gasteiger partial charge is 0.444 e. The van der Waals surface area contributed by atoms with Crippen molar-refractivity contribution in [2.24, 2.45) is 0 Å². The molecule has 0 radical (unpaired) electrons. The highest BCUT2D eigenvalue weighted by atomic mass is 16.6. The molecule has 1 atom stereocenters. The summed E-state index contributed by atoms with van der Waals surface area (Å²) in [6, 6.07) is 1.95. The highest BCUT2D eigenvalue weighted by Gasteiger charge is 2.28. The van der Waals surface area contributed by atoms with E-state index in [4.69, 9.17) is 4.74 Å². The Labute approximate surface area is 153 Å². The number of hydrogen-bond donors (Lipinski definition) is 2. The van der Waals surface area contributed by atoms with Crippen molar-refractivity contribution < 1.29 is 9.53 Å². The molecule has 8 heteroatoms. The molecule has 1 fully saturated rings. The molecule has 0 aliphatic carbocycles. The van der Waals surface area contributed by atoms with Gasteiger partial charge in [-0.2, -0.15) is 5.10 Å². The number of aryl methyl sites for hydroxylation is 1. The number of aromatic amines is 1. The normalized spacial score (nSPS) is 17.8. The van der Waals surface area contributed by atoms with Crippen LogP contribution in [-0.2, 0) is 4.74 Å². The fourth-order valence-electron chi connectivity index (χ4n) is 2.97. The summed E-state index contributed by atoms with van der Waals surface area (Å²) in [4.78, 5) is 22.9. The van der Waals surface area contributed by atoms with Gasteiger partial charge in [-0.05, 0) is 46.6 Å². The summed E-state index contributed by atoms with van der Waals surface area (Å²) >= 11 is 0. The van der Waals surface area contributed by atoms with Crippen LogP contribution in [0.1, 0.15) is 39.3 Å². The smallest absolute Gasteiger partial charge is 0.410 e. The van der Waals surface area contributed by atoms with E-state index in [9.17, 15) is 4.79 Å². The number of amides is 1. The van der Waals surface area contributed by atoms with Crippen molar-refractivity contribution in [1.82, 2.24) is 25.1 Å². The van der Waals surface area contributed by atoms with Crippen molar-refractivity contribution in [1.29, 1.82) is 0 Å². The lowest BCUT2D eigenvalue weighted by atomic mass is 10.1. The van der Waals surface area contributed by atoms with Gasteiger partial charge >= 0.3 is 6.09 Å². The first-order valence-electron chi connectivity index (χ1n) is 8.90. The summed E-state index contributed by atoms with van der Waals surface area (Å²) < 4.78 is 5.47. The van der Waals surface area contributed by atoms with Crippen LogP contribution in [-0.4, -0.2) is 55.9 Å². The quantitative estimate of drug-likeness (QED) is 0.876. The Hall–Kier alpha value is -2.64. The molecular weight excluding hydrogens is 332 g/mol. The van der Waals surface area contributed by atoms with Crippen LogP contribution in [0.15, 0.2) is 18.5 Å². The maximum absolute atomic E-state index is 12.3. The summed E-state index contributed by atoms with van der Waals surface area (Å²) in [5, 5.41) is 10.3. The summed E-state index contributed by atoms with van der Waals surface area (Å²) in [5.74, 6) is 0.555. The number of aromatic nitrogens is 4. The molecule has 2 aromatic heterocycles. The number of likely N-dealkylation sites (tertiary alicyclic amines) is 1. The van der Waals surface area contributed by atoms with Gasteiger partial charge in [0, 0.05) is 37.1 Å². The Balaban J connectivity index is 1.66. The minimum atomic E-state index is -0.489. The Morgan fingerprint density at radius 3 is 2.92 bits per heavy atom. The maximum Gasteiger partial charge on any atom is 0.410 e. The van der Waals surface area contributed by atoms with Gasteiger partial charge in [0.25, 0.3) is 0 Å². The fraction of sp³-hybridized carbons (Fsp3) is 0.556. The van der Waals surface area contributed by atoms with E-state index in [0.29, 0.717) is 19.0 Å². The Morgan fingerprint density at radius 1 is 1.42 bits per heavy atom. The van der Waals surface area contributed by atoms with E-state index in [1.165, 1.54) is 0 Å². The van der Waals surface area contributed by atoms with Crippen LogP contribution in [0.3, 0.4) is 0 Å². The van der Waals surface area contributed by atoms with Gasteiger partial charge in [0.05, 0.1) is 11.4 Å². The highest BCUT2D eigenvalue weighted by molar-refractivity contribution is 5.68. The number of hydrogen-bond acceptors (Lipinski definition) is 6. The predicted molar refractivity (Wildman–Crippen MR) is 98.8 cm³/mol. The van der Waals surface area contributed by atoms with Gasteiger partial charge in [-0.25, -0.2) is 14.8 Å². The van der Waals surface area contributed by atoms with Gasteiger partial charge in [-0.15, -0.1) is 0 Å². The summed E-state index contributed by atoms with van der Waals surface area (Å²) in [5.41, 5.74) is 2.17. The Bertz CT molecular complexity index is 767. The number of nitrogens with zero attached hydrogens (tertiary/aromatic N) is 4. The number of rotatable bonds is 3. The van der Waals surface area contributed by atoms with Crippen LogP contribution < -0.4 is 5.32 Å². The molecule has 1 saturated heterocycles. The van der Waals surface area contributed by atoms with Crippen molar-refractivity contribution >= 4 is 12.0 Å². The number of H-pyrrole nitrogens is 1. The zero-order chi connectivity index (χ0) is 18.7. The molecule has 0 spiro atoms. The molecule has 0 aromatic carbocycles. The van der Waals surface area contributed by atoms with E-state index in [1.807, 2.05) is 40.0 Å². The molecule has 0 bridgehead atoms. The van der Waals surface area contributed by atoms with Crippen molar-refractivity contribution in [3.63, 3.8) is 0 Å². The third-order valence-electron chi connectivity index (χ3n) is 4.17. The van der Waals surface area contributed by atoms with Crippen LogP contribution in [0.25, 0.3) is 11.3 Å². The zero-order valence-electron chi connectivity index (χ0n) is 15.7. The molecule has 3 heterocycles. The van der Waals surface area contributed by atoms with Gasteiger partial charge in [0.15, 0.2) is 0 Å². The zero-order valence-corrected chi connectivity index (χ0v) is 15.7. The van der Waals surface area contributed by atoms with Gasteiger partial charge in [0.1, 0.15) is 5.60 Å². The molecule has 0 saturated carbocycles. The number of carbonyl (C=O) groups is 1. The predicted octanol–water partition coefficient (Wildman–Crippen LogP) is 2.99. The van der Waals surface area contributed by atoms with Gasteiger partial charge in [-0.1, -0.05) is 0 Å². The second-order valence-electron chi connectivity index (χ2n) is 7.56. The summed E-state index contributed by atoms with van der Waals surface area (Å²) in [6.45, 7) is 8.85. The third kappa shape index (κ3) is 4.50. The van der Waals surface area contributed by atoms with Crippen LogP contribution in [0, 0.1) is 6.92 Å². The molecule has 1 unspecified atom stereocenters. The molecule has 3 rings (SSSR count). The molecule has 2 N–H and O–H groups in total. The third-order valence-corrected chi connectivity index (χ3v) is 4.17. The second-order valence-corrected chi connectivity index (χ2v) is 7.56. The first-order chi connectivity index (χ1) is 12.3. The topological polar surface area (TPSA) is 96.0 Å². The van der Waals surface area contributed by atoms with Crippen molar-refractivity contribution in [2.75, 3.05) is 18.4 Å². The number of carbonyl (C=O) groups excluding carboxylic acids is 1. The Kier molecular flexibility index (Phi) is 5.11. The Morgan fingerprint density at radius 2 is 2.23 bits per heavy atom. The fourth-order valence-corrected chi connectivity index (χ4v) is 2.97. The number of ether oxygens (including phenoxy) is 1. The highest BCUT2D eigenvalue weighted by Crippen LogP contribution is 2.21. The SMILES string of the molecule is Cc1n[nH]cc1-c1ccnc(NC2CCCN(C(=O)OC(C)(C)C)C2)n1. The number of nitrogens with one attached hydrogen (secondary N) is 2. The van der Waals surface area contributed by atoms with Crippen molar-refractivity contribution in [3.8, 4) is 11.3 Å². The minimum Gasteiger partial charge on any atom is -0.444 e. The molecule has 8 nitrogen and oxygen atoms in total. The summed E-state index contributed by atoms with van der Waals surface area (Å²) in [7, 11) is 0. The molecule has 2 aromatic rings. The molecule has 1 aliphatic rings. The standard InChI is InChI=1S/C18H26N6O2/c1-12-14(10-20-23-12)15-7-8-19-16(22-15)21-13-6-5-9-24(11-13)17(25)26-18(2,3)4/h7-8,10,13H,5-6,9,11H2,1-4H3,(H,20,23)(H,19,21,22). The number of anilines is 1. The maximum atomic E-state index is 12.3. The van der Waals surface area contributed by atoms with E-state index in [2.05, 4.69) is 25.5 Å². The molecule has 1 aliphatic heterocycles. The monoisotopic (exact) mass is 358 g/mol. The van der Waals surface area contributed by atoms with Gasteiger partial charge in [-0.3, -0.25) is 5.10 Å². The van der Waals surface area contributed by atoms with Crippen LogP contribution in [0.2, 0.25) is 0 Å². The summed E-state index contributed by atoms with van der Waals surface area (Å²) in [6.07, 6.45) is 5.15. The second kappa shape index (κ2) is 7.31. The van der Waals surface area contributed by atoms with E-state index >= 15 is 0 Å². The van der Waals surface area contributed by atoms with E-state index in [1.54, 1.807) is 11.1 Å². The van der Waals surface area contributed by atoms with E-state index < -0.39 is 5.60 Å². The first kappa shape index (κ1) is 18.2. The average Bonchev–Trinajstić information content (AvgIpc) is 3.00. The lowest BCUT2D eigenvalue weighted by molar-refractivity contribution is 0.0206.